The van der Waals surface area contributed by atoms with Crippen LogP contribution in [0.2, 0.25) is 0 Å². The van der Waals surface area contributed by atoms with E-state index in [-0.39, 0.29) is 16.2 Å². The molecule has 0 saturated carbocycles. The summed E-state index contributed by atoms with van der Waals surface area (Å²) in [5.74, 6) is -1.42. The smallest absolute Gasteiger partial charge is 0.335 e. The molecule has 0 bridgehead atoms. The van der Waals surface area contributed by atoms with E-state index in [1.54, 1.807) is 10.9 Å². The van der Waals surface area contributed by atoms with Crippen LogP contribution in [0.4, 0.5) is 0 Å². The van der Waals surface area contributed by atoms with E-state index in [4.69, 9.17) is 5.11 Å². The van der Waals surface area contributed by atoms with Gasteiger partial charge in [0, 0.05) is 9.85 Å². The van der Waals surface area contributed by atoms with Crippen LogP contribution in [-0.4, -0.2) is 24.5 Å². The molecule has 2 aromatic rings. The van der Waals surface area contributed by atoms with Crippen LogP contribution in [0.15, 0.2) is 38.5 Å². The van der Waals surface area contributed by atoms with Gasteiger partial charge in [0.25, 0.3) is 0 Å². The number of hydrogen-bond acceptors (Lipinski definition) is 5. The number of rotatable bonds is 4. The maximum Gasteiger partial charge on any atom is 0.335 e. The summed E-state index contributed by atoms with van der Waals surface area (Å²) in [6.07, 6.45) is 0. The van der Waals surface area contributed by atoms with Gasteiger partial charge in [-0.2, -0.15) is 0 Å². The van der Waals surface area contributed by atoms with Crippen LogP contribution in [-0.2, 0) is 15.6 Å². The largest absolute Gasteiger partial charge is 0.478 e. The number of halogens is 1. The number of aromatic nitrogens is 1. The molecule has 2 rings (SSSR count). The Morgan fingerprint density at radius 3 is 2.74 bits per heavy atom. The molecule has 0 aliphatic rings. The van der Waals surface area contributed by atoms with Crippen molar-refractivity contribution in [3.8, 4) is 0 Å². The topological polar surface area (TPSA) is 84.3 Å². The monoisotopic (exact) mass is 361 g/mol. The number of sulfone groups is 1. The number of aromatic carboxylic acids is 1. The van der Waals surface area contributed by atoms with Gasteiger partial charge in [-0.05, 0) is 34.1 Å². The molecule has 1 N–H and O–H groups in total. The van der Waals surface area contributed by atoms with Gasteiger partial charge >= 0.3 is 5.97 Å². The van der Waals surface area contributed by atoms with E-state index in [1.807, 2.05) is 0 Å². The highest BCUT2D eigenvalue weighted by molar-refractivity contribution is 9.10. The molecule has 5 nitrogen and oxygen atoms in total. The third-order valence-corrected chi connectivity index (χ3v) is 5.61. The first-order chi connectivity index (χ1) is 8.90. The molecule has 0 fully saturated rings. The Balaban J connectivity index is 2.45. The normalized spacial score (nSPS) is 11.4. The number of carboxylic acids is 1. The van der Waals surface area contributed by atoms with Gasteiger partial charge in [-0.1, -0.05) is 0 Å². The highest BCUT2D eigenvalue weighted by Crippen LogP contribution is 2.26. The number of carbonyl (C=O) groups is 1. The van der Waals surface area contributed by atoms with Gasteiger partial charge < -0.3 is 5.11 Å². The number of nitrogens with zero attached hydrogens (tertiary/aromatic N) is 1. The van der Waals surface area contributed by atoms with E-state index in [1.165, 1.54) is 23.5 Å². The first-order valence-corrected chi connectivity index (χ1v) is 8.41. The highest BCUT2D eigenvalue weighted by atomic mass is 79.9. The maximum absolute atomic E-state index is 12.2. The van der Waals surface area contributed by atoms with Gasteiger partial charge in [0.15, 0.2) is 9.84 Å². The van der Waals surface area contributed by atoms with Gasteiger partial charge in [-0.3, -0.25) is 0 Å². The van der Waals surface area contributed by atoms with Crippen molar-refractivity contribution >= 4 is 43.1 Å². The highest BCUT2D eigenvalue weighted by Gasteiger charge is 2.21. The summed E-state index contributed by atoms with van der Waals surface area (Å²) in [5, 5.41) is 10.5. The lowest BCUT2D eigenvalue weighted by atomic mass is 10.2. The Morgan fingerprint density at radius 1 is 1.42 bits per heavy atom. The molecular weight excluding hydrogens is 354 g/mol. The summed E-state index contributed by atoms with van der Waals surface area (Å²) >= 11 is 4.44. The number of thiazole rings is 1. The fourth-order valence-electron chi connectivity index (χ4n) is 1.46. The average Bonchev–Trinajstić information content (AvgIpc) is 2.81. The summed E-state index contributed by atoms with van der Waals surface area (Å²) in [6, 6.07) is 3.90. The molecule has 0 aliphatic heterocycles. The van der Waals surface area contributed by atoms with E-state index >= 15 is 0 Å². The van der Waals surface area contributed by atoms with Crippen LogP contribution in [0.3, 0.4) is 0 Å². The number of hydrogen-bond donors (Lipinski definition) is 1. The predicted molar refractivity (Wildman–Crippen MR) is 74.1 cm³/mol. The molecule has 0 spiro atoms. The van der Waals surface area contributed by atoms with Crippen LogP contribution in [0, 0.1) is 0 Å². The van der Waals surface area contributed by atoms with Crippen molar-refractivity contribution in [2.75, 3.05) is 0 Å². The third-order valence-electron chi connectivity index (χ3n) is 2.33. The van der Waals surface area contributed by atoms with Crippen LogP contribution < -0.4 is 0 Å². The standard InChI is InChI=1S/C11H8BrNO4S2/c12-9-2-1-7(11(14)15)3-10(9)19(16,17)5-8-4-18-6-13-8/h1-4,6H,5H2,(H,14,15). The average molecular weight is 362 g/mol. The summed E-state index contributed by atoms with van der Waals surface area (Å²) in [5.41, 5.74) is 1.92. The molecule has 19 heavy (non-hydrogen) atoms. The summed E-state index contributed by atoms with van der Waals surface area (Å²) in [4.78, 5) is 14.8. The lowest BCUT2D eigenvalue weighted by Gasteiger charge is -2.06. The van der Waals surface area contributed by atoms with Crippen molar-refractivity contribution < 1.29 is 18.3 Å². The molecular formula is C11H8BrNO4S2. The molecule has 8 heteroatoms. The van der Waals surface area contributed by atoms with E-state index < -0.39 is 15.8 Å². The molecule has 0 saturated heterocycles. The molecule has 0 atom stereocenters. The zero-order chi connectivity index (χ0) is 14.0. The molecule has 100 valence electrons. The van der Waals surface area contributed by atoms with E-state index in [9.17, 15) is 13.2 Å². The van der Waals surface area contributed by atoms with E-state index in [2.05, 4.69) is 20.9 Å². The lowest BCUT2D eigenvalue weighted by molar-refractivity contribution is 0.0696. The molecule has 0 radical (unpaired) electrons. The third kappa shape index (κ3) is 3.20. The molecule has 0 amide bonds. The van der Waals surface area contributed by atoms with Crippen LogP contribution in [0.5, 0.6) is 0 Å². The number of carboxylic acid groups (broad SMARTS) is 1. The second-order valence-electron chi connectivity index (χ2n) is 3.69. The predicted octanol–water partition coefficient (Wildman–Crippen LogP) is 2.58. The molecule has 1 heterocycles. The maximum atomic E-state index is 12.2. The van der Waals surface area contributed by atoms with Gasteiger partial charge in [0.2, 0.25) is 0 Å². The first-order valence-electron chi connectivity index (χ1n) is 5.03. The van der Waals surface area contributed by atoms with E-state index in [0.717, 1.165) is 6.07 Å². The second-order valence-corrected chi connectivity index (χ2v) is 7.22. The minimum atomic E-state index is -3.64. The first kappa shape index (κ1) is 14.2. The Morgan fingerprint density at radius 2 is 2.16 bits per heavy atom. The molecule has 0 aliphatic carbocycles. The van der Waals surface area contributed by atoms with Crippen molar-refractivity contribution in [3.63, 3.8) is 0 Å². The second kappa shape index (κ2) is 5.40. The minimum absolute atomic E-state index is 0.0413. The quantitative estimate of drug-likeness (QED) is 0.904. The Labute approximate surface area is 122 Å². The summed E-state index contributed by atoms with van der Waals surface area (Å²) in [6.45, 7) is 0. The summed E-state index contributed by atoms with van der Waals surface area (Å²) in [7, 11) is -3.64. The SMILES string of the molecule is O=C(O)c1ccc(Br)c(S(=O)(=O)Cc2cscn2)c1. The lowest BCUT2D eigenvalue weighted by Crippen LogP contribution is -2.08. The van der Waals surface area contributed by atoms with Crippen LogP contribution in [0.25, 0.3) is 0 Å². The van der Waals surface area contributed by atoms with E-state index in [0.29, 0.717) is 10.2 Å². The zero-order valence-electron chi connectivity index (χ0n) is 9.41. The Bertz CT molecular complexity index is 710. The van der Waals surface area contributed by atoms with Gasteiger partial charge in [0.1, 0.15) is 0 Å². The minimum Gasteiger partial charge on any atom is -0.478 e. The summed E-state index contributed by atoms with van der Waals surface area (Å²) < 4.78 is 24.8. The Hall–Kier alpha value is -1.25. The van der Waals surface area contributed by atoms with Gasteiger partial charge in [-0.15, -0.1) is 11.3 Å². The number of benzene rings is 1. The van der Waals surface area contributed by atoms with Crippen molar-refractivity contribution in [3.05, 3.63) is 44.8 Å². The van der Waals surface area contributed by atoms with Crippen molar-refractivity contribution in [1.29, 1.82) is 0 Å². The zero-order valence-corrected chi connectivity index (χ0v) is 12.6. The van der Waals surface area contributed by atoms with Gasteiger partial charge in [-0.25, -0.2) is 18.2 Å². The van der Waals surface area contributed by atoms with Crippen molar-refractivity contribution in [2.24, 2.45) is 0 Å². The van der Waals surface area contributed by atoms with Crippen LogP contribution >= 0.6 is 27.3 Å². The molecule has 1 aromatic carbocycles. The fraction of sp³-hybridized carbons (Fsp3) is 0.0909. The van der Waals surface area contributed by atoms with Gasteiger partial charge in [0.05, 0.1) is 27.4 Å². The molecule has 1 aromatic heterocycles. The molecule has 0 unspecified atom stereocenters. The Kier molecular flexibility index (Phi) is 4.02. The fourth-order valence-corrected chi connectivity index (χ4v) is 4.48. The van der Waals surface area contributed by atoms with Crippen molar-refractivity contribution in [2.45, 2.75) is 10.6 Å². The van der Waals surface area contributed by atoms with Crippen LogP contribution in [0.1, 0.15) is 16.1 Å². The van der Waals surface area contributed by atoms with Crippen molar-refractivity contribution in [1.82, 2.24) is 4.98 Å².